The Morgan fingerprint density at radius 3 is 2.32 bits per heavy atom. The fourth-order valence-electron chi connectivity index (χ4n) is 2.12. The fraction of sp³-hybridized carbons (Fsp3) is 0.769. The summed E-state index contributed by atoms with van der Waals surface area (Å²) in [5.74, 6) is -0.609. The Kier molecular flexibility index (Phi) is 4.91. The second-order valence-corrected chi connectivity index (χ2v) is 4.99. The number of hydrogen-bond donors (Lipinski definition) is 2. The first-order chi connectivity index (χ1) is 8.90. The molecule has 1 fully saturated rings. The SMILES string of the molecule is CCC(C)NC(=O)CN1C(=O)NC(CC)(CC)C1=O. The van der Waals surface area contributed by atoms with Crippen LogP contribution in [0.1, 0.15) is 47.0 Å². The lowest BCUT2D eigenvalue weighted by atomic mass is 9.93. The Hall–Kier alpha value is -1.59. The van der Waals surface area contributed by atoms with Gasteiger partial charge in [-0.2, -0.15) is 0 Å². The number of nitrogens with zero attached hydrogens (tertiary/aromatic N) is 1. The van der Waals surface area contributed by atoms with E-state index in [1.165, 1.54) is 0 Å². The zero-order chi connectivity index (χ0) is 14.6. The van der Waals surface area contributed by atoms with Crippen LogP contribution in [0.4, 0.5) is 4.79 Å². The molecular weight excluding hydrogens is 246 g/mol. The third kappa shape index (κ3) is 3.05. The topological polar surface area (TPSA) is 78.5 Å². The monoisotopic (exact) mass is 269 g/mol. The maximum atomic E-state index is 12.3. The van der Waals surface area contributed by atoms with Gasteiger partial charge >= 0.3 is 6.03 Å². The van der Waals surface area contributed by atoms with Gasteiger partial charge in [0.15, 0.2) is 0 Å². The highest BCUT2D eigenvalue weighted by Crippen LogP contribution is 2.24. The number of rotatable bonds is 6. The highest BCUT2D eigenvalue weighted by molar-refractivity contribution is 6.08. The molecule has 0 aromatic rings. The van der Waals surface area contributed by atoms with E-state index >= 15 is 0 Å². The normalized spacial score (nSPS) is 19.3. The van der Waals surface area contributed by atoms with Gasteiger partial charge in [0.05, 0.1) is 0 Å². The van der Waals surface area contributed by atoms with Crippen LogP contribution in [0.25, 0.3) is 0 Å². The van der Waals surface area contributed by atoms with E-state index in [-0.39, 0.29) is 24.4 Å². The second kappa shape index (κ2) is 6.04. The summed E-state index contributed by atoms with van der Waals surface area (Å²) in [5.41, 5.74) is -0.840. The zero-order valence-electron chi connectivity index (χ0n) is 12.1. The number of carbonyl (C=O) groups is 3. The predicted molar refractivity (Wildman–Crippen MR) is 71.5 cm³/mol. The van der Waals surface area contributed by atoms with E-state index in [9.17, 15) is 14.4 Å². The van der Waals surface area contributed by atoms with Crippen molar-refractivity contribution in [3.8, 4) is 0 Å². The molecule has 1 unspecified atom stereocenters. The van der Waals surface area contributed by atoms with Crippen molar-refractivity contribution in [2.45, 2.75) is 58.5 Å². The first kappa shape index (κ1) is 15.5. The number of carbonyl (C=O) groups excluding carboxylic acids is 3. The second-order valence-electron chi connectivity index (χ2n) is 4.99. The standard InChI is InChI=1S/C13H23N3O3/c1-5-9(4)14-10(17)8-16-11(18)13(6-2,7-3)15-12(16)19/h9H,5-8H2,1-4H3,(H,14,17)(H,15,19). The molecule has 1 aliphatic rings. The Morgan fingerprint density at radius 2 is 1.89 bits per heavy atom. The number of hydrogen-bond acceptors (Lipinski definition) is 3. The zero-order valence-corrected chi connectivity index (χ0v) is 12.1. The molecule has 1 atom stereocenters. The molecule has 108 valence electrons. The predicted octanol–water partition coefficient (Wildman–Crippen LogP) is 1.01. The highest BCUT2D eigenvalue weighted by Gasteiger charge is 2.49. The Bertz CT molecular complexity index is 377. The lowest BCUT2D eigenvalue weighted by molar-refractivity contribution is -0.135. The lowest BCUT2D eigenvalue weighted by Gasteiger charge is -2.23. The molecule has 0 bridgehead atoms. The van der Waals surface area contributed by atoms with Gasteiger partial charge in [-0.3, -0.25) is 14.5 Å². The van der Waals surface area contributed by atoms with E-state index in [0.717, 1.165) is 11.3 Å². The molecule has 0 saturated carbocycles. The van der Waals surface area contributed by atoms with Crippen LogP contribution in [0.3, 0.4) is 0 Å². The molecular formula is C13H23N3O3. The molecule has 1 aliphatic heterocycles. The maximum absolute atomic E-state index is 12.3. The lowest BCUT2D eigenvalue weighted by Crippen LogP contribution is -2.47. The van der Waals surface area contributed by atoms with E-state index in [2.05, 4.69) is 10.6 Å². The van der Waals surface area contributed by atoms with Gasteiger partial charge in [0.2, 0.25) is 5.91 Å². The van der Waals surface area contributed by atoms with Crippen LogP contribution in [-0.4, -0.2) is 40.9 Å². The van der Waals surface area contributed by atoms with Crippen LogP contribution < -0.4 is 10.6 Å². The summed E-state index contributed by atoms with van der Waals surface area (Å²) >= 11 is 0. The summed E-state index contributed by atoms with van der Waals surface area (Å²) in [6.07, 6.45) is 1.86. The van der Waals surface area contributed by atoms with Crippen LogP contribution in [0.2, 0.25) is 0 Å². The van der Waals surface area contributed by atoms with Gasteiger partial charge in [-0.15, -0.1) is 0 Å². The van der Waals surface area contributed by atoms with Crippen molar-refractivity contribution in [2.24, 2.45) is 0 Å². The van der Waals surface area contributed by atoms with Crippen molar-refractivity contribution in [3.63, 3.8) is 0 Å². The van der Waals surface area contributed by atoms with Crippen molar-refractivity contribution in [3.05, 3.63) is 0 Å². The molecule has 6 heteroatoms. The fourth-order valence-corrected chi connectivity index (χ4v) is 2.12. The molecule has 0 aromatic carbocycles. The molecule has 0 aliphatic carbocycles. The summed E-state index contributed by atoms with van der Waals surface area (Å²) in [6.45, 7) is 7.33. The van der Waals surface area contributed by atoms with Crippen LogP contribution in [0.5, 0.6) is 0 Å². The van der Waals surface area contributed by atoms with Crippen LogP contribution in [0.15, 0.2) is 0 Å². The minimum absolute atomic E-state index is 0.0374. The van der Waals surface area contributed by atoms with Gasteiger partial charge in [0.25, 0.3) is 5.91 Å². The third-order valence-electron chi connectivity index (χ3n) is 3.77. The molecule has 2 N–H and O–H groups in total. The van der Waals surface area contributed by atoms with Crippen molar-refractivity contribution < 1.29 is 14.4 Å². The van der Waals surface area contributed by atoms with Crippen molar-refractivity contribution in [1.82, 2.24) is 15.5 Å². The molecule has 0 radical (unpaired) electrons. The summed E-state index contributed by atoms with van der Waals surface area (Å²) in [6, 6.07) is -0.441. The minimum Gasteiger partial charge on any atom is -0.352 e. The Morgan fingerprint density at radius 1 is 1.32 bits per heavy atom. The molecule has 6 nitrogen and oxygen atoms in total. The average molecular weight is 269 g/mol. The summed E-state index contributed by atoms with van der Waals surface area (Å²) in [4.78, 5) is 36.8. The highest BCUT2D eigenvalue weighted by atomic mass is 16.2. The Labute approximate surface area is 113 Å². The molecule has 0 aromatic heterocycles. The first-order valence-corrected chi connectivity index (χ1v) is 6.83. The molecule has 0 spiro atoms. The third-order valence-corrected chi connectivity index (χ3v) is 3.77. The van der Waals surface area contributed by atoms with Gasteiger partial charge in [-0.25, -0.2) is 4.79 Å². The smallest absolute Gasteiger partial charge is 0.325 e. The van der Waals surface area contributed by atoms with Crippen LogP contribution in [0, 0.1) is 0 Å². The molecule has 4 amide bonds. The van der Waals surface area contributed by atoms with E-state index in [1.807, 2.05) is 27.7 Å². The summed E-state index contributed by atoms with van der Waals surface area (Å²) < 4.78 is 0. The number of urea groups is 1. The van der Waals surface area contributed by atoms with Gasteiger partial charge in [-0.1, -0.05) is 20.8 Å². The van der Waals surface area contributed by atoms with Gasteiger partial charge in [0.1, 0.15) is 12.1 Å². The average Bonchev–Trinajstić information content (AvgIpc) is 2.63. The first-order valence-electron chi connectivity index (χ1n) is 6.83. The van der Waals surface area contributed by atoms with E-state index in [4.69, 9.17) is 0 Å². The number of imide groups is 1. The number of nitrogens with one attached hydrogen (secondary N) is 2. The van der Waals surface area contributed by atoms with Crippen LogP contribution in [-0.2, 0) is 9.59 Å². The van der Waals surface area contributed by atoms with Crippen LogP contribution >= 0.6 is 0 Å². The molecule has 19 heavy (non-hydrogen) atoms. The summed E-state index contributed by atoms with van der Waals surface area (Å²) in [7, 11) is 0. The van der Waals surface area contributed by atoms with E-state index in [1.54, 1.807) is 0 Å². The van der Waals surface area contributed by atoms with Gasteiger partial charge in [-0.05, 0) is 26.2 Å². The molecule has 1 saturated heterocycles. The Balaban J connectivity index is 2.72. The maximum Gasteiger partial charge on any atom is 0.325 e. The number of amides is 4. The largest absolute Gasteiger partial charge is 0.352 e. The molecule has 1 heterocycles. The van der Waals surface area contributed by atoms with Gasteiger partial charge < -0.3 is 10.6 Å². The van der Waals surface area contributed by atoms with E-state index < -0.39 is 11.6 Å². The van der Waals surface area contributed by atoms with Crippen molar-refractivity contribution in [2.75, 3.05) is 6.54 Å². The minimum atomic E-state index is -0.840. The summed E-state index contributed by atoms with van der Waals surface area (Å²) in [5, 5.41) is 5.44. The van der Waals surface area contributed by atoms with Gasteiger partial charge in [0, 0.05) is 6.04 Å². The van der Waals surface area contributed by atoms with Crippen molar-refractivity contribution >= 4 is 17.8 Å². The van der Waals surface area contributed by atoms with Crippen molar-refractivity contribution in [1.29, 1.82) is 0 Å². The quantitative estimate of drug-likeness (QED) is 0.706. The van der Waals surface area contributed by atoms with E-state index in [0.29, 0.717) is 12.8 Å². The molecule has 1 rings (SSSR count).